The molecule has 0 saturated heterocycles. The van der Waals surface area contributed by atoms with Crippen molar-refractivity contribution in [1.82, 2.24) is 10.6 Å². The molecule has 0 fully saturated rings. The molecule has 1 atom stereocenters. The summed E-state index contributed by atoms with van der Waals surface area (Å²) in [7, 11) is 1.33. The SMILES string of the molecule is CCC=CCC=CCC=CCC=CCC=CCC=CCCC(=O)N[C@@H](CCCCNC(=O)CCCC=CCC=CCC=CCC=CCC=CCC)C(=O)OC. The van der Waals surface area contributed by atoms with Crippen LogP contribution in [0.5, 0.6) is 0 Å². The molecule has 0 aliphatic rings. The zero-order chi connectivity index (χ0) is 40.1. The van der Waals surface area contributed by atoms with Gasteiger partial charge < -0.3 is 15.4 Å². The number of unbranched alkanes of at least 4 members (excludes halogenated alkanes) is 2. The lowest BCUT2D eigenvalue weighted by molar-refractivity contribution is -0.145. The van der Waals surface area contributed by atoms with Crippen LogP contribution in [0, 0.1) is 0 Å². The van der Waals surface area contributed by atoms with Crippen LogP contribution in [0.4, 0.5) is 0 Å². The molecule has 0 spiro atoms. The number of carbonyl (C=O) groups is 3. The van der Waals surface area contributed by atoms with Gasteiger partial charge in [0.15, 0.2) is 0 Å². The van der Waals surface area contributed by atoms with Gasteiger partial charge in [-0.1, -0.05) is 148 Å². The molecule has 0 radical (unpaired) electrons. The standard InChI is InChI=1S/C49H74N2O4/c1-4-6-8-10-12-14-16-18-20-22-23-25-27-29-31-33-35-37-39-44-48(53)51-46(49(54)55-3)42-40-41-45-50-47(52)43-38-36-34-32-30-28-26-24-21-19-17-15-13-11-9-7-5-2/h6-9,12-15,18-21,23,25-26,28-29,31-32,34-35,37,46H,4-5,10-11,16-17,22,24,27,30,33,36,38-45H2,1-3H3,(H,50,52)(H,51,53)/t46-/m0/s1. The van der Waals surface area contributed by atoms with Crippen LogP contribution in [-0.4, -0.2) is 37.5 Å². The maximum Gasteiger partial charge on any atom is 0.328 e. The van der Waals surface area contributed by atoms with Gasteiger partial charge in [-0.25, -0.2) is 4.79 Å². The predicted molar refractivity (Wildman–Crippen MR) is 237 cm³/mol. The predicted octanol–water partition coefficient (Wildman–Crippen LogP) is 12.3. The second-order valence-electron chi connectivity index (χ2n) is 13.0. The number of nitrogens with one attached hydrogen (secondary N) is 2. The Balaban J connectivity index is 3.98. The molecule has 2 N–H and O–H groups in total. The molecule has 6 heteroatoms. The fraction of sp³-hybridized carbons (Fsp3) is 0.490. The third kappa shape index (κ3) is 39.1. The van der Waals surface area contributed by atoms with Crippen molar-refractivity contribution in [2.45, 2.75) is 142 Å². The van der Waals surface area contributed by atoms with Gasteiger partial charge in [0, 0.05) is 19.4 Å². The molecular formula is C49H74N2O4. The highest BCUT2D eigenvalue weighted by Gasteiger charge is 2.20. The van der Waals surface area contributed by atoms with E-state index in [0.29, 0.717) is 38.6 Å². The van der Waals surface area contributed by atoms with Gasteiger partial charge in [-0.3, -0.25) is 9.59 Å². The Morgan fingerprint density at radius 3 is 1.24 bits per heavy atom. The summed E-state index contributed by atoms with van der Waals surface area (Å²) >= 11 is 0. The van der Waals surface area contributed by atoms with E-state index in [-0.39, 0.29) is 11.8 Å². The minimum Gasteiger partial charge on any atom is -0.467 e. The number of esters is 1. The van der Waals surface area contributed by atoms with Crippen molar-refractivity contribution >= 4 is 17.8 Å². The van der Waals surface area contributed by atoms with E-state index in [2.05, 4.69) is 152 Å². The minimum absolute atomic E-state index is 0.0413. The molecule has 2 amide bonds. The van der Waals surface area contributed by atoms with Gasteiger partial charge in [0.05, 0.1) is 7.11 Å². The molecule has 0 bridgehead atoms. The van der Waals surface area contributed by atoms with E-state index in [1.54, 1.807) is 0 Å². The largest absolute Gasteiger partial charge is 0.467 e. The summed E-state index contributed by atoms with van der Waals surface area (Å²) in [4.78, 5) is 36.9. The number of rotatable bonds is 34. The normalized spacial score (nSPS) is 13.4. The molecule has 0 aromatic heterocycles. The Morgan fingerprint density at radius 1 is 0.455 bits per heavy atom. The van der Waals surface area contributed by atoms with E-state index in [1.807, 2.05) is 6.08 Å². The molecule has 55 heavy (non-hydrogen) atoms. The lowest BCUT2D eigenvalue weighted by Crippen LogP contribution is -2.41. The molecule has 0 rings (SSSR count). The number of allylic oxidation sites excluding steroid dienone is 22. The average molecular weight is 755 g/mol. The third-order valence-electron chi connectivity index (χ3n) is 8.13. The van der Waals surface area contributed by atoms with Crippen LogP contribution in [0.25, 0.3) is 0 Å². The average Bonchev–Trinajstić information content (AvgIpc) is 3.19. The highest BCUT2D eigenvalue weighted by molar-refractivity contribution is 5.84. The number of hydrogen-bond donors (Lipinski definition) is 2. The zero-order valence-corrected chi connectivity index (χ0v) is 34.6. The van der Waals surface area contributed by atoms with Crippen LogP contribution in [0.1, 0.15) is 136 Å². The molecule has 0 aromatic carbocycles. The molecule has 0 saturated carbocycles. The smallest absolute Gasteiger partial charge is 0.328 e. The molecular weight excluding hydrogens is 681 g/mol. The Labute approximate surface area is 335 Å². The highest BCUT2D eigenvalue weighted by Crippen LogP contribution is 2.06. The second-order valence-corrected chi connectivity index (χ2v) is 13.0. The first kappa shape index (κ1) is 50.5. The van der Waals surface area contributed by atoms with E-state index < -0.39 is 12.0 Å². The lowest BCUT2D eigenvalue weighted by Gasteiger charge is -2.16. The summed E-state index contributed by atoms with van der Waals surface area (Å²) in [6, 6.07) is -0.679. The first-order chi connectivity index (χ1) is 27.0. The Morgan fingerprint density at radius 2 is 0.836 bits per heavy atom. The van der Waals surface area contributed by atoms with Crippen LogP contribution >= 0.6 is 0 Å². The van der Waals surface area contributed by atoms with Crippen LogP contribution in [0.15, 0.2) is 134 Å². The molecule has 0 heterocycles. The van der Waals surface area contributed by atoms with Gasteiger partial charge in [0.1, 0.15) is 6.04 Å². The summed E-state index contributed by atoms with van der Waals surface area (Å²) in [6.07, 6.45) is 63.3. The summed E-state index contributed by atoms with van der Waals surface area (Å²) in [5.74, 6) is -0.573. The fourth-order valence-corrected chi connectivity index (χ4v) is 5.05. The maximum atomic E-state index is 12.5. The van der Waals surface area contributed by atoms with Crippen LogP contribution < -0.4 is 10.6 Å². The van der Waals surface area contributed by atoms with Crippen molar-refractivity contribution in [3.05, 3.63) is 134 Å². The topological polar surface area (TPSA) is 84.5 Å². The molecule has 0 aliphatic carbocycles. The van der Waals surface area contributed by atoms with Gasteiger partial charge in [-0.15, -0.1) is 0 Å². The van der Waals surface area contributed by atoms with Crippen molar-refractivity contribution in [3.8, 4) is 0 Å². The minimum atomic E-state index is -0.679. The zero-order valence-electron chi connectivity index (χ0n) is 34.6. The van der Waals surface area contributed by atoms with Crippen molar-refractivity contribution in [3.63, 3.8) is 0 Å². The fourth-order valence-electron chi connectivity index (χ4n) is 5.05. The maximum absolute atomic E-state index is 12.5. The van der Waals surface area contributed by atoms with Gasteiger partial charge in [-0.05, 0) is 109 Å². The van der Waals surface area contributed by atoms with Crippen LogP contribution in [0.2, 0.25) is 0 Å². The number of hydrogen-bond acceptors (Lipinski definition) is 4. The van der Waals surface area contributed by atoms with Crippen molar-refractivity contribution < 1.29 is 19.1 Å². The van der Waals surface area contributed by atoms with Crippen molar-refractivity contribution in [1.29, 1.82) is 0 Å². The Bertz CT molecular complexity index is 1290. The van der Waals surface area contributed by atoms with E-state index >= 15 is 0 Å². The number of carbonyl (C=O) groups excluding carboxylic acids is 3. The lowest BCUT2D eigenvalue weighted by atomic mass is 10.1. The van der Waals surface area contributed by atoms with Gasteiger partial charge in [-0.2, -0.15) is 0 Å². The van der Waals surface area contributed by atoms with E-state index in [4.69, 9.17) is 4.74 Å². The summed E-state index contributed by atoms with van der Waals surface area (Å²) < 4.78 is 4.91. The monoisotopic (exact) mass is 755 g/mol. The van der Waals surface area contributed by atoms with Crippen LogP contribution in [-0.2, 0) is 19.1 Å². The summed E-state index contributed by atoms with van der Waals surface area (Å²) in [5.41, 5.74) is 0. The molecule has 304 valence electrons. The van der Waals surface area contributed by atoms with E-state index in [9.17, 15) is 14.4 Å². The second kappa shape index (κ2) is 42.3. The molecule has 0 aromatic rings. The van der Waals surface area contributed by atoms with Gasteiger partial charge >= 0.3 is 5.97 Å². The summed E-state index contributed by atoms with van der Waals surface area (Å²) in [6.45, 7) is 4.84. The number of ether oxygens (including phenoxy) is 1. The van der Waals surface area contributed by atoms with Crippen molar-refractivity contribution in [2.75, 3.05) is 13.7 Å². The molecule has 0 aliphatic heterocycles. The van der Waals surface area contributed by atoms with Crippen LogP contribution in [0.3, 0.4) is 0 Å². The molecule has 0 unspecified atom stereocenters. The van der Waals surface area contributed by atoms with Crippen molar-refractivity contribution in [2.24, 2.45) is 0 Å². The first-order valence-corrected chi connectivity index (χ1v) is 20.8. The Hall–Kier alpha value is -4.45. The highest BCUT2D eigenvalue weighted by atomic mass is 16.5. The quantitative estimate of drug-likeness (QED) is 0.0389. The van der Waals surface area contributed by atoms with E-state index in [1.165, 1.54) is 7.11 Å². The van der Waals surface area contributed by atoms with E-state index in [0.717, 1.165) is 89.9 Å². The summed E-state index contributed by atoms with van der Waals surface area (Å²) in [5, 5.41) is 5.78. The van der Waals surface area contributed by atoms with Gasteiger partial charge in [0.2, 0.25) is 11.8 Å². The number of methoxy groups -OCH3 is 1. The Kier molecular flexibility index (Phi) is 38.9. The van der Waals surface area contributed by atoms with Gasteiger partial charge in [0.25, 0.3) is 0 Å². The number of amides is 2. The first-order valence-electron chi connectivity index (χ1n) is 20.8. The third-order valence-corrected chi connectivity index (χ3v) is 8.13. The molecule has 6 nitrogen and oxygen atoms in total.